The molecule has 0 radical (unpaired) electrons. The van der Waals surface area contributed by atoms with Crippen molar-refractivity contribution in [3.8, 4) is 0 Å². The summed E-state index contributed by atoms with van der Waals surface area (Å²) in [6.07, 6.45) is 3.49. The lowest BCUT2D eigenvalue weighted by Crippen LogP contribution is -2.23. The van der Waals surface area contributed by atoms with Crippen molar-refractivity contribution in [1.82, 2.24) is 14.2 Å². The van der Waals surface area contributed by atoms with Crippen LogP contribution in [0.4, 0.5) is 0 Å². The molecule has 0 fully saturated rings. The number of halogens is 1. The molecule has 4 rings (SSSR count). The maximum atomic E-state index is 13.3. The number of carbonyl (C=O) groups is 1. The van der Waals surface area contributed by atoms with Crippen molar-refractivity contribution in [3.63, 3.8) is 0 Å². The van der Waals surface area contributed by atoms with Crippen LogP contribution >= 0.6 is 15.9 Å². The normalized spacial score (nSPS) is 12.8. The van der Waals surface area contributed by atoms with E-state index in [1.54, 1.807) is 19.2 Å². The minimum Gasteiger partial charge on any atom is -0.467 e. The van der Waals surface area contributed by atoms with Crippen molar-refractivity contribution >= 4 is 49.9 Å². The molecule has 2 aromatic heterocycles. The van der Waals surface area contributed by atoms with Crippen LogP contribution in [0.2, 0.25) is 0 Å². The summed E-state index contributed by atoms with van der Waals surface area (Å²) in [5, 5.41) is 5.94. The Morgan fingerprint density at radius 2 is 1.91 bits per heavy atom. The first-order valence-corrected chi connectivity index (χ1v) is 11.0. The molecule has 1 atom stereocenters. The van der Waals surface area contributed by atoms with Gasteiger partial charge in [-0.15, -0.1) is 0 Å². The second-order valence-electron chi connectivity index (χ2n) is 7.86. The number of hydrogen-bond acceptors (Lipinski definition) is 5. The van der Waals surface area contributed by atoms with Gasteiger partial charge in [0, 0.05) is 33.1 Å². The van der Waals surface area contributed by atoms with Gasteiger partial charge in [-0.05, 0) is 31.2 Å². The first kappa shape index (κ1) is 22.0. The summed E-state index contributed by atoms with van der Waals surface area (Å²) < 4.78 is 8.92. The maximum absolute atomic E-state index is 13.3. The molecule has 0 N–H and O–H groups in total. The molecule has 164 valence electrons. The van der Waals surface area contributed by atoms with Crippen LogP contribution in [0.15, 0.2) is 63.0 Å². The van der Waals surface area contributed by atoms with Crippen molar-refractivity contribution in [3.05, 3.63) is 74.9 Å². The number of ether oxygens (including phenoxy) is 1. The Morgan fingerprint density at radius 1 is 1.16 bits per heavy atom. The first-order valence-electron chi connectivity index (χ1n) is 10.3. The summed E-state index contributed by atoms with van der Waals surface area (Å²) in [5.41, 5.74) is 2.07. The van der Waals surface area contributed by atoms with Gasteiger partial charge in [0.25, 0.3) is 5.56 Å². The predicted octanol–water partition coefficient (Wildman–Crippen LogP) is 4.85. The van der Waals surface area contributed by atoms with E-state index in [-0.39, 0.29) is 17.4 Å². The lowest BCUT2D eigenvalue weighted by atomic mass is 10.2. The predicted molar refractivity (Wildman–Crippen MR) is 129 cm³/mol. The van der Waals surface area contributed by atoms with Crippen molar-refractivity contribution in [2.45, 2.75) is 32.7 Å². The zero-order valence-corrected chi connectivity index (χ0v) is 19.8. The molecule has 2 heterocycles. The zero-order chi connectivity index (χ0) is 23.0. The van der Waals surface area contributed by atoms with Gasteiger partial charge in [0.1, 0.15) is 11.9 Å². The third-order valence-electron chi connectivity index (χ3n) is 5.39. The Balaban J connectivity index is 1.88. The number of aromatic nitrogens is 3. The van der Waals surface area contributed by atoms with Gasteiger partial charge in [0.2, 0.25) is 0 Å². The first-order chi connectivity index (χ1) is 15.3. The Morgan fingerprint density at radius 3 is 2.62 bits per heavy atom. The number of nitrogens with zero attached hydrogens (tertiary/aromatic N) is 4. The maximum Gasteiger partial charge on any atom is 0.328 e. The molecular formula is C24H23BrN4O3. The van der Waals surface area contributed by atoms with E-state index < -0.39 is 6.04 Å². The van der Waals surface area contributed by atoms with E-state index >= 15 is 0 Å². The van der Waals surface area contributed by atoms with Crippen LogP contribution in [0.1, 0.15) is 44.1 Å². The van der Waals surface area contributed by atoms with Gasteiger partial charge in [-0.1, -0.05) is 48.0 Å². The van der Waals surface area contributed by atoms with E-state index in [2.05, 4.69) is 26.0 Å². The molecule has 0 spiro atoms. The van der Waals surface area contributed by atoms with Gasteiger partial charge >= 0.3 is 5.97 Å². The molecule has 0 saturated heterocycles. The van der Waals surface area contributed by atoms with Crippen molar-refractivity contribution in [2.75, 3.05) is 7.11 Å². The minimum absolute atomic E-state index is 0.00594. The van der Waals surface area contributed by atoms with Crippen LogP contribution in [-0.4, -0.2) is 33.5 Å². The van der Waals surface area contributed by atoms with Crippen molar-refractivity contribution in [1.29, 1.82) is 0 Å². The number of fused-ring (bicyclic) bond motifs is 2. The van der Waals surface area contributed by atoms with Crippen LogP contribution in [0, 0.1) is 0 Å². The number of para-hydroxylation sites is 1. The minimum atomic E-state index is -0.499. The number of hydrogen-bond donors (Lipinski definition) is 0. The van der Waals surface area contributed by atoms with Crippen LogP contribution in [0.25, 0.3) is 21.8 Å². The number of rotatable bonds is 5. The van der Waals surface area contributed by atoms with Gasteiger partial charge in [-0.3, -0.25) is 4.79 Å². The molecule has 0 unspecified atom stereocenters. The lowest BCUT2D eigenvalue weighted by molar-refractivity contribution is -0.143. The van der Waals surface area contributed by atoms with E-state index in [1.165, 1.54) is 11.8 Å². The molecule has 0 aliphatic carbocycles. The van der Waals surface area contributed by atoms with Gasteiger partial charge in [-0.2, -0.15) is 9.78 Å². The smallest absolute Gasteiger partial charge is 0.328 e. The molecule has 8 heteroatoms. The topological polar surface area (TPSA) is 78.5 Å². The SMILES string of the molecule is COC(=O)[C@@H](C)n1cc(C=Nn2c(C(C)C)nc3ccc(Br)cc3c2=O)c2ccccc21. The fourth-order valence-electron chi connectivity index (χ4n) is 3.71. The van der Waals surface area contributed by atoms with Gasteiger partial charge in [-0.25, -0.2) is 9.78 Å². The fourth-order valence-corrected chi connectivity index (χ4v) is 4.07. The molecule has 32 heavy (non-hydrogen) atoms. The van der Waals surface area contributed by atoms with E-state index in [0.29, 0.717) is 16.7 Å². The zero-order valence-electron chi connectivity index (χ0n) is 18.2. The second-order valence-corrected chi connectivity index (χ2v) is 8.77. The Bertz CT molecular complexity index is 1420. The monoisotopic (exact) mass is 494 g/mol. The standard InChI is InChI=1S/C24H23BrN4O3/c1-14(2)22-27-20-10-9-17(25)11-19(20)23(30)29(22)26-12-16-13-28(15(3)24(31)32-4)21-8-6-5-7-18(16)21/h5-15H,1-4H3/t15-/m1/s1. The van der Waals surface area contributed by atoms with Crippen molar-refractivity contribution in [2.24, 2.45) is 5.10 Å². The van der Waals surface area contributed by atoms with Crippen LogP contribution in [0.3, 0.4) is 0 Å². The summed E-state index contributed by atoms with van der Waals surface area (Å²) >= 11 is 3.42. The number of esters is 1. The van der Waals surface area contributed by atoms with Gasteiger partial charge < -0.3 is 9.30 Å². The summed E-state index contributed by atoms with van der Waals surface area (Å²) in [4.78, 5) is 30.1. The molecular weight excluding hydrogens is 472 g/mol. The molecule has 0 amide bonds. The Labute approximate surface area is 193 Å². The van der Waals surface area contributed by atoms with Crippen LogP contribution in [-0.2, 0) is 9.53 Å². The largest absolute Gasteiger partial charge is 0.467 e. The van der Waals surface area contributed by atoms with E-state index in [9.17, 15) is 9.59 Å². The van der Waals surface area contributed by atoms with E-state index in [1.807, 2.05) is 61.0 Å². The average molecular weight is 495 g/mol. The summed E-state index contributed by atoms with van der Waals surface area (Å²) in [6.45, 7) is 5.73. The summed E-state index contributed by atoms with van der Waals surface area (Å²) in [6, 6.07) is 12.7. The number of benzene rings is 2. The molecule has 0 aliphatic rings. The fraction of sp³-hybridized carbons (Fsp3) is 0.250. The molecule has 4 aromatic rings. The summed E-state index contributed by atoms with van der Waals surface area (Å²) in [5.74, 6) is 0.234. The molecule has 2 aromatic carbocycles. The van der Waals surface area contributed by atoms with Gasteiger partial charge in [0.15, 0.2) is 0 Å². The van der Waals surface area contributed by atoms with Crippen molar-refractivity contribution < 1.29 is 9.53 Å². The van der Waals surface area contributed by atoms with E-state index in [0.717, 1.165) is 20.9 Å². The molecule has 0 saturated carbocycles. The number of carbonyl (C=O) groups excluding carboxylic acids is 1. The third-order valence-corrected chi connectivity index (χ3v) is 5.89. The highest BCUT2D eigenvalue weighted by Gasteiger charge is 2.19. The second kappa shape index (κ2) is 8.70. The third kappa shape index (κ3) is 3.86. The molecule has 7 nitrogen and oxygen atoms in total. The molecule has 0 aliphatic heterocycles. The van der Waals surface area contributed by atoms with E-state index in [4.69, 9.17) is 4.74 Å². The molecule has 0 bridgehead atoms. The Kier molecular flexibility index (Phi) is 5.97. The average Bonchev–Trinajstić information content (AvgIpc) is 3.16. The van der Waals surface area contributed by atoms with Crippen LogP contribution < -0.4 is 5.56 Å². The summed E-state index contributed by atoms with van der Waals surface area (Å²) in [7, 11) is 1.37. The highest BCUT2D eigenvalue weighted by Crippen LogP contribution is 2.25. The highest BCUT2D eigenvalue weighted by atomic mass is 79.9. The van der Waals surface area contributed by atoms with Gasteiger partial charge in [0.05, 0.1) is 24.2 Å². The lowest BCUT2D eigenvalue weighted by Gasteiger charge is -2.12. The highest BCUT2D eigenvalue weighted by molar-refractivity contribution is 9.10. The van der Waals surface area contributed by atoms with Crippen LogP contribution in [0.5, 0.6) is 0 Å². The quantitative estimate of drug-likeness (QED) is 0.293. The Hall–Kier alpha value is -3.26. The number of methoxy groups -OCH3 is 1.